The molecule has 1 unspecified atom stereocenters. The van der Waals surface area contributed by atoms with Crippen molar-refractivity contribution in [3.63, 3.8) is 0 Å². The highest BCUT2D eigenvalue weighted by Crippen LogP contribution is 2.42. The third-order valence-electron chi connectivity index (χ3n) is 6.21. The van der Waals surface area contributed by atoms with Gasteiger partial charge in [-0.3, -0.25) is 4.79 Å². The van der Waals surface area contributed by atoms with E-state index in [9.17, 15) is 4.79 Å². The van der Waals surface area contributed by atoms with Gasteiger partial charge < -0.3 is 5.32 Å². The third kappa shape index (κ3) is 4.65. The van der Waals surface area contributed by atoms with Crippen molar-refractivity contribution in [3.05, 3.63) is 34.9 Å². The molecule has 0 saturated heterocycles. The summed E-state index contributed by atoms with van der Waals surface area (Å²) in [5.41, 5.74) is 3.53. The van der Waals surface area contributed by atoms with Gasteiger partial charge in [0, 0.05) is 11.6 Å². The van der Waals surface area contributed by atoms with E-state index in [-0.39, 0.29) is 5.91 Å². The molecule has 0 radical (unpaired) electrons. The van der Waals surface area contributed by atoms with Gasteiger partial charge in [0.25, 0.3) is 5.91 Å². The van der Waals surface area contributed by atoms with Crippen LogP contribution in [0.4, 0.5) is 0 Å². The molecule has 138 valence electrons. The highest BCUT2D eigenvalue weighted by molar-refractivity contribution is 5.97. The fourth-order valence-electron chi connectivity index (χ4n) is 4.57. The number of aryl methyl sites for hydroxylation is 1. The minimum Gasteiger partial charge on any atom is -0.349 e. The zero-order valence-electron chi connectivity index (χ0n) is 16.2. The lowest BCUT2D eigenvalue weighted by Crippen LogP contribution is -2.38. The van der Waals surface area contributed by atoms with Crippen molar-refractivity contribution < 1.29 is 4.79 Å². The molecule has 2 nitrogen and oxygen atoms in total. The summed E-state index contributed by atoms with van der Waals surface area (Å²) in [6.07, 6.45) is 13.8. The zero-order chi connectivity index (χ0) is 17.6. The van der Waals surface area contributed by atoms with Crippen LogP contribution in [0.2, 0.25) is 0 Å². The van der Waals surface area contributed by atoms with E-state index in [0.717, 1.165) is 18.4 Å². The highest BCUT2D eigenvalue weighted by Gasteiger charge is 2.32. The van der Waals surface area contributed by atoms with Crippen LogP contribution < -0.4 is 5.32 Å². The highest BCUT2D eigenvalue weighted by atomic mass is 16.1. The molecule has 25 heavy (non-hydrogen) atoms. The minimum atomic E-state index is 0.199. The minimum absolute atomic E-state index is 0.199. The molecule has 2 aliphatic carbocycles. The van der Waals surface area contributed by atoms with Gasteiger partial charge in [-0.15, -0.1) is 0 Å². The van der Waals surface area contributed by atoms with E-state index in [1.807, 2.05) is 0 Å². The molecule has 1 aromatic carbocycles. The Morgan fingerprint density at radius 2 is 1.92 bits per heavy atom. The smallest absolute Gasteiger partial charge is 0.252 e. The van der Waals surface area contributed by atoms with E-state index >= 15 is 0 Å². The molecule has 1 N–H and O–H groups in total. The van der Waals surface area contributed by atoms with E-state index in [4.69, 9.17) is 0 Å². The number of unbranched alkanes of at least 4 members (excludes halogenated alkanes) is 3. The largest absolute Gasteiger partial charge is 0.349 e. The van der Waals surface area contributed by atoms with Crippen molar-refractivity contribution >= 4 is 5.91 Å². The molecule has 0 bridgehead atoms. The first-order valence-corrected chi connectivity index (χ1v) is 10.7. The van der Waals surface area contributed by atoms with Crippen LogP contribution >= 0.6 is 0 Å². The Morgan fingerprint density at radius 3 is 2.64 bits per heavy atom. The van der Waals surface area contributed by atoms with E-state index < -0.39 is 0 Å². The Labute approximate surface area is 153 Å². The topological polar surface area (TPSA) is 29.1 Å². The number of carbonyl (C=O) groups is 1. The Kier molecular flexibility index (Phi) is 6.56. The van der Waals surface area contributed by atoms with Crippen LogP contribution in [-0.4, -0.2) is 11.9 Å². The van der Waals surface area contributed by atoms with Gasteiger partial charge in [0.05, 0.1) is 0 Å². The first-order valence-electron chi connectivity index (χ1n) is 10.7. The fourth-order valence-corrected chi connectivity index (χ4v) is 4.57. The van der Waals surface area contributed by atoms with Crippen LogP contribution in [0.5, 0.6) is 0 Å². The number of nitrogens with one attached hydrogen (secondary N) is 1. The predicted octanol–water partition coefficient (Wildman–Crippen LogP) is 6.00. The van der Waals surface area contributed by atoms with Crippen LogP contribution in [0.25, 0.3) is 0 Å². The molecule has 0 heterocycles. The van der Waals surface area contributed by atoms with Gasteiger partial charge in [-0.25, -0.2) is 0 Å². The fraction of sp³-hybridized carbons (Fsp3) is 0.696. The van der Waals surface area contributed by atoms with Gasteiger partial charge in [0.15, 0.2) is 0 Å². The van der Waals surface area contributed by atoms with E-state index in [1.54, 1.807) is 0 Å². The van der Waals surface area contributed by atoms with Crippen LogP contribution in [0.15, 0.2) is 18.2 Å². The number of benzene rings is 1. The maximum Gasteiger partial charge on any atom is 0.252 e. The van der Waals surface area contributed by atoms with E-state index in [1.165, 1.54) is 68.9 Å². The molecule has 1 aromatic rings. The first kappa shape index (κ1) is 18.5. The summed E-state index contributed by atoms with van der Waals surface area (Å²) in [6, 6.07) is 6.85. The molecule has 0 aliphatic heterocycles. The summed E-state index contributed by atoms with van der Waals surface area (Å²) < 4.78 is 0. The second-order valence-electron chi connectivity index (χ2n) is 8.13. The van der Waals surface area contributed by atoms with Crippen molar-refractivity contribution in [2.24, 2.45) is 5.92 Å². The first-order chi connectivity index (χ1) is 12.2. The van der Waals surface area contributed by atoms with Gasteiger partial charge in [0.2, 0.25) is 0 Å². The van der Waals surface area contributed by atoms with Crippen molar-refractivity contribution in [3.8, 4) is 0 Å². The summed E-state index contributed by atoms with van der Waals surface area (Å²) in [4.78, 5) is 13.1. The third-order valence-corrected chi connectivity index (χ3v) is 6.21. The Balaban J connectivity index is 1.65. The molecule has 2 saturated carbocycles. The van der Waals surface area contributed by atoms with Crippen molar-refractivity contribution in [1.29, 1.82) is 0 Å². The number of hydrogen-bond donors (Lipinski definition) is 1. The molecule has 2 atom stereocenters. The van der Waals surface area contributed by atoms with Crippen LogP contribution in [-0.2, 0) is 6.42 Å². The maximum atomic E-state index is 13.1. The zero-order valence-corrected chi connectivity index (χ0v) is 16.2. The lowest BCUT2D eigenvalue weighted by molar-refractivity contribution is 0.0924. The number of amides is 1. The Bertz CT molecular complexity index is 575. The molecular formula is C23H35NO. The molecule has 2 heteroatoms. The molecule has 0 aromatic heterocycles. The SMILES string of the molecule is CCCCCC[C@@H]1CCCC1NC(=O)c1c(CC)cccc1C1CC1. The van der Waals surface area contributed by atoms with Crippen LogP contribution in [0.3, 0.4) is 0 Å². The van der Waals surface area contributed by atoms with E-state index in [0.29, 0.717) is 17.9 Å². The monoisotopic (exact) mass is 341 g/mol. The summed E-state index contributed by atoms with van der Waals surface area (Å²) in [5, 5.41) is 3.44. The van der Waals surface area contributed by atoms with Gasteiger partial charge in [-0.1, -0.05) is 64.2 Å². The summed E-state index contributed by atoms with van der Waals surface area (Å²) >= 11 is 0. The second kappa shape index (κ2) is 8.87. The Hall–Kier alpha value is -1.31. The van der Waals surface area contributed by atoms with Crippen molar-refractivity contribution in [2.45, 2.75) is 96.4 Å². The van der Waals surface area contributed by atoms with E-state index in [2.05, 4.69) is 37.4 Å². The molecule has 3 rings (SSSR count). The lowest BCUT2D eigenvalue weighted by atomic mass is 9.93. The molecule has 0 spiro atoms. The summed E-state index contributed by atoms with van der Waals surface area (Å²) in [6.45, 7) is 4.43. The summed E-state index contributed by atoms with van der Waals surface area (Å²) in [5.74, 6) is 1.52. The standard InChI is InChI=1S/C23H35NO/c1-3-5-6-7-10-19-12-9-14-21(19)24-23(25)22-17(4-2)11-8-13-20(22)18-15-16-18/h8,11,13,18-19,21H,3-7,9-10,12,14-16H2,1-2H3,(H,24,25)/t19-,21?/m1/s1. The normalized spacial score (nSPS) is 23.0. The average Bonchev–Trinajstić information content (AvgIpc) is 3.39. The molecule has 2 fully saturated rings. The number of hydrogen-bond acceptors (Lipinski definition) is 1. The van der Waals surface area contributed by atoms with Crippen LogP contribution in [0, 0.1) is 5.92 Å². The maximum absolute atomic E-state index is 13.1. The average molecular weight is 342 g/mol. The van der Waals surface area contributed by atoms with Crippen molar-refractivity contribution in [1.82, 2.24) is 5.32 Å². The summed E-state index contributed by atoms with van der Waals surface area (Å²) in [7, 11) is 0. The van der Waals surface area contributed by atoms with Crippen LogP contribution in [0.1, 0.15) is 105 Å². The Morgan fingerprint density at radius 1 is 1.08 bits per heavy atom. The van der Waals surface area contributed by atoms with Gasteiger partial charge in [-0.05, 0) is 61.5 Å². The second-order valence-corrected chi connectivity index (χ2v) is 8.13. The molecular weight excluding hydrogens is 306 g/mol. The molecule has 1 amide bonds. The van der Waals surface area contributed by atoms with Gasteiger partial charge in [-0.2, -0.15) is 0 Å². The van der Waals surface area contributed by atoms with Gasteiger partial charge in [0.1, 0.15) is 0 Å². The van der Waals surface area contributed by atoms with Gasteiger partial charge >= 0.3 is 0 Å². The number of carbonyl (C=O) groups excluding carboxylic acids is 1. The van der Waals surface area contributed by atoms with Crippen molar-refractivity contribution in [2.75, 3.05) is 0 Å². The molecule has 2 aliphatic rings. The lowest BCUT2D eigenvalue weighted by Gasteiger charge is -2.23. The quantitative estimate of drug-likeness (QED) is 0.549. The predicted molar refractivity (Wildman–Crippen MR) is 105 cm³/mol. The number of rotatable bonds is 9.